The molecular formula is C19H20F2N4O4. The molecule has 0 bridgehead atoms. The monoisotopic (exact) mass is 406 g/mol. The molecule has 1 aromatic rings. The number of hydrogen-bond donors (Lipinski definition) is 2. The molecule has 1 aromatic carbocycles. The molecule has 1 unspecified atom stereocenters. The summed E-state index contributed by atoms with van der Waals surface area (Å²) in [5.74, 6) is -5.22. The fourth-order valence-corrected chi connectivity index (χ4v) is 4.23. The zero-order chi connectivity index (χ0) is 20.9. The maximum Gasteiger partial charge on any atom is 0.262 e. The van der Waals surface area contributed by atoms with Crippen LogP contribution in [-0.4, -0.2) is 64.5 Å². The number of nitrogens with two attached hydrogens (primary N) is 1. The molecule has 3 aliphatic heterocycles. The number of amides is 4. The lowest BCUT2D eigenvalue weighted by Gasteiger charge is -2.36. The molecule has 0 aliphatic carbocycles. The fourth-order valence-electron chi connectivity index (χ4n) is 4.23. The number of hydrogen-bond acceptors (Lipinski definition) is 6. The Kier molecular flexibility index (Phi) is 4.70. The van der Waals surface area contributed by atoms with Gasteiger partial charge in [0.25, 0.3) is 17.7 Å². The van der Waals surface area contributed by atoms with Crippen molar-refractivity contribution in [2.45, 2.75) is 43.8 Å². The number of alkyl halides is 2. The largest absolute Gasteiger partial charge is 0.326 e. The predicted octanol–water partition coefficient (Wildman–Crippen LogP) is 0.256. The first-order valence-corrected chi connectivity index (χ1v) is 9.35. The first kappa shape index (κ1) is 19.6. The van der Waals surface area contributed by atoms with Crippen molar-refractivity contribution in [3.05, 3.63) is 34.9 Å². The number of likely N-dealkylation sites (tertiary alicyclic amines) is 1. The molecule has 29 heavy (non-hydrogen) atoms. The van der Waals surface area contributed by atoms with E-state index in [4.69, 9.17) is 5.73 Å². The number of benzene rings is 1. The van der Waals surface area contributed by atoms with Gasteiger partial charge in [-0.1, -0.05) is 6.07 Å². The van der Waals surface area contributed by atoms with E-state index in [2.05, 4.69) is 5.32 Å². The van der Waals surface area contributed by atoms with Gasteiger partial charge in [-0.2, -0.15) is 0 Å². The van der Waals surface area contributed by atoms with E-state index in [0.29, 0.717) is 12.1 Å². The van der Waals surface area contributed by atoms with Gasteiger partial charge in [-0.25, -0.2) is 8.78 Å². The number of halogens is 2. The first-order valence-electron chi connectivity index (χ1n) is 9.35. The van der Waals surface area contributed by atoms with Crippen molar-refractivity contribution in [2.24, 2.45) is 5.73 Å². The Hall–Kier alpha value is -2.72. The van der Waals surface area contributed by atoms with Crippen LogP contribution in [0.4, 0.5) is 8.78 Å². The predicted molar refractivity (Wildman–Crippen MR) is 95.9 cm³/mol. The van der Waals surface area contributed by atoms with Crippen LogP contribution < -0.4 is 11.1 Å². The fraction of sp³-hybridized carbons (Fsp3) is 0.474. The Morgan fingerprint density at radius 3 is 2.55 bits per heavy atom. The molecule has 0 radical (unpaired) electrons. The lowest BCUT2D eigenvalue weighted by atomic mass is 10.0. The number of piperidine rings is 2. The van der Waals surface area contributed by atoms with E-state index in [-0.39, 0.29) is 36.9 Å². The number of nitrogens with one attached hydrogen (secondary N) is 1. The smallest absolute Gasteiger partial charge is 0.262 e. The molecule has 10 heteroatoms. The average molecular weight is 406 g/mol. The Morgan fingerprint density at radius 1 is 1.14 bits per heavy atom. The summed E-state index contributed by atoms with van der Waals surface area (Å²) in [6, 6.07) is 2.90. The molecule has 2 fully saturated rings. The van der Waals surface area contributed by atoms with Crippen LogP contribution in [0, 0.1) is 0 Å². The summed E-state index contributed by atoms with van der Waals surface area (Å²) < 4.78 is 27.5. The van der Waals surface area contributed by atoms with Crippen LogP contribution in [0.25, 0.3) is 0 Å². The second-order valence-electron chi connectivity index (χ2n) is 7.82. The topological polar surface area (TPSA) is 113 Å². The van der Waals surface area contributed by atoms with Gasteiger partial charge in [0.1, 0.15) is 6.04 Å². The van der Waals surface area contributed by atoms with Gasteiger partial charge < -0.3 is 5.73 Å². The number of fused-ring (bicyclic) bond motifs is 1. The number of nitrogens with zero attached hydrogens (tertiary/aromatic N) is 2. The summed E-state index contributed by atoms with van der Waals surface area (Å²) in [5, 5.41) is 2.14. The Balaban J connectivity index is 1.54. The number of rotatable bonds is 3. The van der Waals surface area contributed by atoms with Gasteiger partial charge in [0.15, 0.2) is 0 Å². The first-order chi connectivity index (χ1) is 13.6. The van der Waals surface area contributed by atoms with Crippen molar-refractivity contribution in [3.63, 3.8) is 0 Å². The summed E-state index contributed by atoms with van der Waals surface area (Å²) >= 11 is 0. The van der Waals surface area contributed by atoms with Gasteiger partial charge in [0.2, 0.25) is 11.8 Å². The maximum atomic E-state index is 13.8. The van der Waals surface area contributed by atoms with E-state index in [9.17, 15) is 28.0 Å². The van der Waals surface area contributed by atoms with E-state index in [1.54, 1.807) is 6.07 Å². The van der Waals surface area contributed by atoms with Gasteiger partial charge in [0.05, 0.1) is 17.7 Å². The molecule has 3 N–H and O–H groups in total. The highest BCUT2D eigenvalue weighted by molar-refractivity contribution is 6.23. The second kappa shape index (κ2) is 6.96. The number of imide groups is 2. The van der Waals surface area contributed by atoms with Crippen LogP contribution in [0.1, 0.15) is 45.5 Å². The van der Waals surface area contributed by atoms with E-state index in [1.165, 1.54) is 17.0 Å². The van der Waals surface area contributed by atoms with Crippen LogP contribution in [0.3, 0.4) is 0 Å². The lowest BCUT2D eigenvalue weighted by Crippen LogP contribution is -2.54. The number of carbonyl (C=O) groups excluding carboxylic acids is 4. The highest BCUT2D eigenvalue weighted by atomic mass is 19.3. The van der Waals surface area contributed by atoms with Crippen LogP contribution in [0.15, 0.2) is 18.2 Å². The number of carbonyl (C=O) groups is 4. The van der Waals surface area contributed by atoms with E-state index >= 15 is 0 Å². The highest BCUT2D eigenvalue weighted by Gasteiger charge is 2.45. The van der Waals surface area contributed by atoms with Crippen molar-refractivity contribution in [3.8, 4) is 0 Å². The van der Waals surface area contributed by atoms with Crippen LogP contribution in [0.2, 0.25) is 0 Å². The van der Waals surface area contributed by atoms with E-state index < -0.39 is 48.2 Å². The highest BCUT2D eigenvalue weighted by Crippen LogP contribution is 2.30. The summed E-state index contributed by atoms with van der Waals surface area (Å²) in [5.41, 5.74) is 6.60. The minimum Gasteiger partial charge on any atom is -0.326 e. The molecule has 2 atom stereocenters. The van der Waals surface area contributed by atoms with Gasteiger partial charge in [-0.15, -0.1) is 0 Å². The summed E-state index contributed by atoms with van der Waals surface area (Å²) in [7, 11) is 0. The van der Waals surface area contributed by atoms with Crippen molar-refractivity contribution in [1.82, 2.24) is 15.1 Å². The molecule has 8 nitrogen and oxygen atoms in total. The third kappa shape index (κ3) is 3.65. The SMILES string of the molecule is N[C@@H]1CN(Cc2ccc3c(c2)C(=O)N(C2CCC(=O)NC2=O)C3=O)CC(F)(F)C1. The van der Waals surface area contributed by atoms with Crippen LogP contribution in [0.5, 0.6) is 0 Å². The molecule has 0 aromatic heterocycles. The summed E-state index contributed by atoms with van der Waals surface area (Å²) in [6.45, 7) is 0.0471. The molecule has 4 amide bonds. The molecule has 3 aliphatic rings. The van der Waals surface area contributed by atoms with Gasteiger partial charge in [-0.3, -0.25) is 34.3 Å². The molecule has 2 saturated heterocycles. The maximum absolute atomic E-state index is 13.8. The second-order valence-corrected chi connectivity index (χ2v) is 7.82. The van der Waals surface area contributed by atoms with E-state index in [0.717, 1.165) is 4.90 Å². The minimum absolute atomic E-state index is 0.0402. The summed E-state index contributed by atoms with van der Waals surface area (Å²) in [6.07, 6.45) is -0.246. The molecule has 3 heterocycles. The van der Waals surface area contributed by atoms with Gasteiger partial charge in [0, 0.05) is 32.0 Å². The molecular weight excluding hydrogens is 386 g/mol. The van der Waals surface area contributed by atoms with E-state index in [1.807, 2.05) is 0 Å². The minimum atomic E-state index is -2.87. The van der Waals surface area contributed by atoms with Crippen LogP contribution >= 0.6 is 0 Å². The third-order valence-electron chi connectivity index (χ3n) is 5.42. The zero-order valence-corrected chi connectivity index (χ0v) is 15.5. The Bertz CT molecular complexity index is 919. The molecule has 4 rings (SSSR count). The Morgan fingerprint density at radius 2 is 1.86 bits per heavy atom. The lowest BCUT2D eigenvalue weighted by molar-refractivity contribution is -0.136. The van der Waals surface area contributed by atoms with Crippen molar-refractivity contribution >= 4 is 23.6 Å². The standard InChI is InChI=1S/C19H20F2N4O4/c20-19(21)6-11(22)8-24(9-19)7-10-1-2-12-13(5-10)18(29)25(17(12)28)14-3-4-15(26)23-16(14)27/h1-2,5,11,14H,3-4,6-9,22H2,(H,23,26,27)/t11-,14?/m0/s1. The molecule has 0 saturated carbocycles. The summed E-state index contributed by atoms with van der Waals surface area (Å²) in [4.78, 5) is 51.3. The van der Waals surface area contributed by atoms with Crippen LogP contribution in [-0.2, 0) is 16.1 Å². The normalized spacial score (nSPS) is 27.2. The average Bonchev–Trinajstić information content (AvgIpc) is 2.84. The van der Waals surface area contributed by atoms with Crippen molar-refractivity contribution < 1.29 is 28.0 Å². The quantitative estimate of drug-likeness (QED) is 0.696. The van der Waals surface area contributed by atoms with Gasteiger partial charge in [-0.05, 0) is 24.1 Å². The zero-order valence-electron chi connectivity index (χ0n) is 15.5. The van der Waals surface area contributed by atoms with Gasteiger partial charge >= 0.3 is 0 Å². The molecule has 154 valence electrons. The molecule has 0 spiro atoms. The van der Waals surface area contributed by atoms with Crippen molar-refractivity contribution in [2.75, 3.05) is 13.1 Å². The Labute approximate surface area is 165 Å². The van der Waals surface area contributed by atoms with Crippen molar-refractivity contribution in [1.29, 1.82) is 0 Å². The third-order valence-corrected chi connectivity index (χ3v) is 5.42.